The summed E-state index contributed by atoms with van der Waals surface area (Å²) in [6.45, 7) is 6.85. The zero-order valence-electron chi connectivity index (χ0n) is 11.1. The fraction of sp³-hybridized carbons (Fsp3) is 0.818. The maximum atomic E-state index is 12.0. The van der Waals surface area contributed by atoms with Crippen molar-refractivity contribution in [2.75, 3.05) is 12.4 Å². The molecule has 1 aromatic rings. The van der Waals surface area contributed by atoms with E-state index in [2.05, 4.69) is 10.1 Å². The minimum Gasteiger partial charge on any atom is -0.396 e. The van der Waals surface area contributed by atoms with Gasteiger partial charge in [-0.1, -0.05) is 25.9 Å². The second kappa shape index (κ2) is 5.79. The van der Waals surface area contributed by atoms with Crippen molar-refractivity contribution in [2.45, 2.75) is 38.9 Å². The summed E-state index contributed by atoms with van der Waals surface area (Å²) < 4.78 is 29.1. The fourth-order valence-electron chi connectivity index (χ4n) is 1.39. The van der Waals surface area contributed by atoms with Gasteiger partial charge in [0.15, 0.2) is 15.7 Å². The van der Waals surface area contributed by atoms with E-state index >= 15 is 0 Å². The number of hydrogen-bond acceptors (Lipinski definition) is 6. The Balaban J connectivity index is 2.88. The molecule has 6 nitrogen and oxygen atoms in total. The van der Waals surface area contributed by atoms with Gasteiger partial charge in [0.25, 0.3) is 0 Å². The van der Waals surface area contributed by atoms with Crippen molar-refractivity contribution in [3.8, 4) is 0 Å². The lowest BCUT2D eigenvalue weighted by Gasteiger charge is -2.12. The van der Waals surface area contributed by atoms with Gasteiger partial charge in [0.05, 0.1) is 5.75 Å². The summed E-state index contributed by atoms with van der Waals surface area (Å²) in [5.41, 5.74) is 0. The Labute approximate surface area is 107 Å². The standard InChI is InChI=1S/C11H20N2O4S/c1-7(2)10-12-11(17-13-10)9(4)18(15,16)6-8(3)5-14/h7-9,14H,5-6H2,1-4H3. The predicted octanol–water partition coefficient (Wildman–Crippen LogP) is 1.30. The minimum absolute atomic E-state index is 0.0915. The van der Waals surface area contributed by atoms with Gasteiger partial charge < -0.3 is 9.63 Å². The molecule has 0 saturated heterocycles. The second-order valence-corrected chi connectivity index (χ2v) is 7.27. The number of sulfone groups is 1. The lowest BCUT2D eigenvalue weighted by Crippen LogP contribution is -2.21. The zero-order chi connectivity index (χ0) is 13.9. The minimum atomic E-state index is -3.39. The van der Waals surface area contributed by atoms with E-state index in [4.69, 9.17) is 9.63 Å². The van der Waals surface area contributed by atoms with Gasteiger partial charge in [0.2, 0.25) is 5.89 Å². The monoisotopic (exact) mass is 276 g/mol. The quantitative estimate of drug-likeness (QED) is 0.841. The molecule has 2 atom stereocenters. The predicted molar refractivity (Wildman–Crippen MR) is 66.8 cm³/mol. The van der Waals surface area contributed by atoms with E-state index in [-0.39, 0.29) is 30.1 Å². The highest BCUT2D eigenvalue weighted by Gasteiger charge is 2.29. The van der Waals surface area contributed by atoms with Gasteiger partial charge in [-0.15, -0.1) is 0 Å². The molecule has 1 N–H and O–H groups in total. The summed E-state index contributed by atoms with van der Waals surface area (Å²) in [4.78, 5) is 4.09. The second-order valence-electron chi connectivity index (χ2n) is 4.91. The number of aliphatic hydroxyl groups is 1. The third-order valence-corrected chi connectivity index (χ3v) is 5.00. The fourth-order valence-corrected chi connectivity index (χ4v) is 2.98. The van der Waals surface area contributed by atoms with Crippen LogP contribution >= 0.6 is 0 Å². The average molecular weight is 276 g/mol. The number of aliphatic hydroxyl groups excluding tert-OH is 1. The van der Waals surface area contributed by atoms with Gasteiger partial charge >= 0.3 is 0 Å². The lowest BCUT2D eigenvalue weighted by atomic mass is 10.2. The summed E-state index contributed by atoms with van der Waals surface area (Å²) in [6.07, 6.45) is 0. The Morgan fingerprint density at radius 1 is 1.28 bits per heavy atom. The molecule has 0 aliphatic rings. The number of nitrogens with zero attached hydrogens (tertiary/aromatic N) is 2. The van der Waals surface area contributed by atoms with Crippen LogP contribution in [0.15, 0.2) is 4.52 Å². The molecule has 1 aromatic heterocycles. The molecule has 0 radical (unpaired) electrons. The Bertz CT molecular complexity index is 481. The first-order valence-corrected chi connectivity index (χ1v) is 7.65. The zero-order valence-corrected chi connectivity index (χ0v) is 11.9. The summed E-state index contributed by atoms with van der Waals surface area (Å²) >= 11 is 0. The van der Waals surface area contributed by atoms with Crippen LogP contribution in [0.2, 0.25) is 0 Å². The number of rotatable bonds is 6. The van der Waals surface area contributed by atoms with Gasteiger partial charge in [-0.05, 0) is 12.8 Å². The molecule has 0 aromatic carbocycles. The van der Waals surface area contributed by atoms with Crippen LogP contribution in [0.5, 0.6) is 0 Å². The topological polar surface area (TPSA) is 93.3 Å². The van der Waals surface area contributed by atoms with Gasteiger partial charge in [-0.2, -0.15) is 4.98 Å². The normalized spacial score (nSPS) is 15.9. The smallest absolute Gasteiger partial charge is 0.244 e. The first-order valence-electron chi connectivity index (χ1n) is 5.93. The molecule has 0 aliphatic heterocycles. The van der Waals surface area contributed by atoms with Gasteiger partial charge in [-0.3, -0.25) is 0 Å². The van der Waals surface area contributed by atoms with E-state index in [1.807, 2.05) is 13.8 Å². The van der Waals surface area contributed by atoms with Gasteiger partial charge in [-0.25, -0.2) is 8.42 Å². The summed E-state index contributed by atoms with van der Waals surface area (Å²) in [5.74, 6) is 0.314. The van der Waals surface area contributed by atoms with Gasteiger partial charge in [0.1, 0.15) is 5.25 Å². The van der Waals surface area contributed by atoms with Crippen LogP contribution in [0, 0.1) is 5.92 Å². The number of aromatic nitrogens is 2. The highest BCUT2D eigenvalue weighted by molar-refractivity contribution is 7.91. The Kier molecular flexibility index (Phi) is 4.86. The number of hydrogen-bond donors (Lipinski definition) is 1. The van der Waals surface area contributed by atoms with E-state index < -0.39 is 15.1 Å². The third kappa shape index (κ3) is 3.52. The van der Waals surface area contributed by atoms with Crippen molar-refractivity contribution in [2.24, 2.45) is 5.92 Å². The van der Waals surface area contributed by atoms with Crippen LogP contribution in [0.4, 0.5) is 0 Å². The molecule has 18 heavy (non-hydrogen) atoms. The molecule has 0 amide bonds. The van der Waals surface area contributed by atoms with Crippen LogP contribution < -0.4 is 0 Å². The Morgan fingerprint density at radius 2 is 1.89 bits per heavy atom. The largest absolute Gasteiger partial charge is 0.396 e. The molecule has 0 fully saturated rings. The van der Waals surface area contributed by atoms with E-state index in [1.165, 1.54) is 6.92 Å². The first kappa shape index (κ1) is 15.1. The molecule has 104 valence electrons. The van der Waals surface area contributed by atoms with Crippen molar-refractivity contribution in [1.82, 2.24) is 10.1 Å². The van der Waals surface area contributed by atoms with Crippen LogP contribution in [-0.4, -0.2) is 36.0 Å². The molecule has 1 rings (SSSR count). The highest BCUT2D eigenvalue weighted by atomic mass is 32.2. The summed E-state index contributed by atoms with van der Waals surface area (Å²) in [6, 6.07) is 0. The molecule has 7 heteroatoms. The van der Waals surface area contributed by atoms with E-state index in [1.54, 1.807) is 6.92 Å². The van der Waals surface area contributed by atoms with Crippen LogP contribution in [0.25, 0.3) is 0 Å². The molecule has 0 aliphatic carbocycles. The third-order valence-electron chi connectivity index (χ3n) is 2.69. The SMILES string of the molecule is CC(CO)CS(=O)(=O)C(C)c1nc(C(C)C)no1. The van der Waals surface area contributed by atoms with Crippen molar-refractivity contribution in [1.29, 1.82) is 0 Å². The van der Waals surface area contributed by atoms with Crippen molar-refractivity contribution in [3.05, 3.63) is 11.7 Å². The Morgan fingerprint density at radius 3 is 2.33 bits per heavy atom. The van der Waals surface area contributed by atoms with Crippen LogP contribution in [0.3, 0.4) is 0 Å². The van der Waals surface area contributed by atoms with Crippen LogP contribution in [0.1, 0.15) is 50.6 Å². The summed E-state index contributed by atoms with van der Waals surface area (Å²) in [5, 5.41) is 11.8. The maximum absolute atomic E-state index is 12.0. The lowest BCUT2D eigenvalue weighted by molar-refractivity contribution is 0.248. The molecule has 2 unspecified atom stereocenters. The van der Waals surface area contributed by atoms with Crippen molar-refractivity contribution in [3.63, 3.8) is 0 Å². The molecule has 0 saturated carbocycles. The molecule has 0 bridgehead atoms. The van der Waals surface area contributed by atoms with E-state index in [0.29, 0.717) is 5.82 Å². The molecule has 1 heterocycles. The van der Waals surface area contributed by atoms with Crippen molar-refractivity contribution >= 4 is 9.84 Å². The van der Waals surface area contributed by atoms with E-state index in [0.717, 1.165) is 0 Å². The Hall–Kier alpha value is -0.950. The molecular weight excluding hydrogens is 256 g/mol. The highest BCUT2D eigenvalue weighted by Crippen LogP contribution is 2.23. The maximum Gasteiger partial charge on any atom is 0.244 e. The van der Waals surface area contributed by atoms with Crippen LogP contribution in [-0.2, 0) is 9.84 Å². The van der Waals surface area contributed by atoms with Crippen molar-refractivity contribution < 1.29 is 18.0 Å². The van der Waals surface area contributed by atoms with Gasteiger partial charge in [0, 0.05) is 12.5 Å². The molecule has 0 spiro atoms. The molecular formula is C11H20N2O4S. The first-order chi connectivity index (χ1) is 8.27. The average Bonchev–Trinajstić information content (AvgIpc) is 2.76. The summed E-state index contributed by atoms with van der Waals surface area (Å²) in [7, 11) is -3.39. The van der Waals surface area contributed by atoms with E-state index in [9.17, 15) is 8.42 Å².